The van der Waals surface area contributed by atoms with Crippen molar-refractivity contribution in [1.82, 2.24) is 4.72 Å². The minimum absolute atomic E-state index is 0.0498. The fourth-order valence-corrected chi connectivity index (χ4v) is 3.11. The highest BCUT2D eigenvalue weighted by Crippen LogP contribution is 2.32. The third kappa shape index (κ3) is 4.01. The third-order valence-electron chi connectivity index (χ3n) is 2.89. The maximum Gasteiger partial charge on any atom is 0.240 e. The average Bonchev–Trinajstić information content (AvgIpc) is 2.43. The maximum atomic E-state index is 12.1. The summed E-state index contributed by atoms with van der Waals surface area (Å²) in [7, 11) is -3.52. The molecule has 5 nitrogen and oxygen atoms in total. The van der Waals surface area contributed by atoms with Crippen LogP contribution in [0.1, 0.15) is 19.8 Å². The van der Waals surface area contributed by atoms with Crippen molar-refractivity contribution in [2.45, 2.75) is 30.0 Å². The predicted octanol–water partition coefficient (Wildman–Crippen LogP) is 2.14. The van der Waals surface area contributed by atoms with Crippen LogP contribution in [0.2, 0.25) is 0 Å². The smallest absolute Gasteiger partial charge is 0.240 e. The summed E-state index contributed by atoms with van der Waals surface area (Å²) in [5, 5.41) is 0.0498. The van der Waals surface area contributed by atoms with Crippen molar-refractivity contribution in [3.8, 4) is 11.5 Å². The number of alkyl halides is 1. The van der Waals surface area contributed by atoms with E-state index in [-0.39, 0.29) is 10.3 Å². The van der Waals surface area contributed by atoms with Crippen molar-refractivity contribution in [3.05, 3.63) is 18.2 Å². The summed E-state index contributed by atoms with van der Waals surface area (Å²) in [4.78, 5) is 0.181. The van der Waals surface area contributed by atoms with Gasteiger partial charge in [0.1, 0.15) is 13.2 Å². The van der Waals surface area contributed by atoms with E-state index in [4.69, 9.17) is 21.1 Å². The van der Waals surface area contributed by atoms with E-state index in [2.05, 4.69) is 4.72 Å². The Hall–Kier alpha value is -0.980. The van der Waals surface area contributed by atoms with E-state index in [0.717, 1.165) is 6.42 Å². The van der Waals surface area contributed by atoms with Crippen LogP contribution in [0.15, 0.2) is 23.1 Å². The molecule has 1 aliphatic rings. The molecule has 1 heterocycles. The van der Waals surface area contributed by atoms with Gasteiger partial charge in [-0.05, 0) is 31.9 Å². The highest BCUT2D eigenvalue weighted by atomic mass is 35.5. The number of fused-ring (bicyclic) bond motifs is 1. The van der Waals surface area contributed by atoms with Crippen molar-refractivity contribution < 1.29 is 17.9 Å². The van der Waals surface area contributed by atoms with E-state index in [1.165, 1.54) is 12.1 Å². The molecule has 1 N–H and O–H groups in total. The first-order valence-electron chi connectivity index (χ1n) is 6.52. The summed E-state index contributed by atoms with van der Waals surface area (Å²) in [6, 6.07) is 4.62. The predicted molar refractivity (Wildman–Crippen MR) is 77.2 cm³/mol. The Labute approximate surface area is 124 Å². The lowest BCUT2D eigenvalue weighted by Gasteiger charge is -2.18. The lowest BCUT2D eigenvalue weighted by Crippen LogP contribution is -2.25. The van der Waals surface area contributed by atoms with Crippen molar-refractivity contribution in [3.63, 3.8) is 0 Å². The van der Waals surface area contributed by atoms with Gasteiger partial charge in [0.25, 0.3) is 0 Å². The van der Waals surface area contributed by atoms with Crippen molar-refractivity contribution >= 4 is 21.6 Å². The molecule has 112 valence electrons. The highest BCUT2D eigenvalue weighted by molar-refractivity contribution is 7.89. The topological polar surface area (TPSA) is 64.6 Å². The zero-order valence-electron chi connectivity index (χ0n) is 11.3. The Morgan fingerprint density at radius 2 is 2.00 bits per heavy atom. The molecule has 0 bridgehead atoms. The minimum Gasteiger partial charge on any atom is -0.486 e. The third-order valence-corrected chi connectivity index (χ3v) is 4.57. The van der Waals surface area contributed by atoms with Crippen LogP contribution in [0.25, 0.3) is 0 Å². The summed E-state index contributed by atoms with van der Waals surface area (Å²) in [5.41, 5.74) is 0. The molecule has 1 aromatic carbocycles. The molecular formula is C13H18ClNO4S. The Morgan fingerprint density at radius 1 is 1.30 bits per heavy atom. The number of hydrogen-bond donors (Lipinski definition) is 1. The maximum absolute atomic E-state index is 12.1. The van der Waals surface area contributed by atoms with Gasteiger partial charge in [0.05, 0.1) is 4.90 Å². The fourth-order valence-electron chi connectivity index (χ4n) is 1.86. The van der Waals surface area contributed by atoms with Gasteiger partial charge < -0.3 is 9.47 Å². The monoisotopic (exact) mass is 319 g/mol. The van der Waals surface area contributed by atoms with Gasteiger partial charge in [-0.1, -0.05) is 0 Å². The van der Waals surface area contributed by atoms with Gasteiger partial charge in [0.15, 0.2) is 11.5 Å². The van der Waals surface area contributed by atoms with Crippen LogP contribution in [0.3, 0.4) is 0 Å². The Balaban J connectivity index is 2.02. The first-order chi connectivity index (χ1) is 9.49. The minimum atomic E-state index is -3.52. The number of sulfonamides is 1. The standard InChI is InChI=1S/C13H18ClNO4S/c1-10(14)3-2-6-15-20(16,17)11-4-5-12-13(9-11)19-8-7-18-12/h4-5,9-10,15H,2-3,6-8H2,1H3. The molecule has 1 aromatic rings. The highest BCUT2D eigenvalue weighted by Gasteiger charge is 2.18. The molecule has 2 rings (SSSR count). The molecule has 0 aromatic heterocycles. The van der Waals surface area contributed by atoms with Crippen molar-refractivity contribution in [1.29, 1.82) is 0 Å². The van der Waals surface area contributed by atoms with E-state index >= 15 is 0 Å². The number of hydrogen-bond acceptors (Lipinski definition) is 4. The number of benzene rings is 1. The number of halogens is 1. The fraction of sp³-hybridized carbons (Fsp3) is 0.538. The molecule has 1 aliphatic heterocycles. The zero-order valence-corrected chi connectivity index (χ0v) is 12.8. The van der Waals surface area contributed by atoms with Gasteiger partial charge >= 0.3 is 0 Å². The second kappa shape index (κ2) is 6.65. The molecule has 0 fully saturated rings. The Morgan fingerprint density at radius 3 is 2.70 bits per heavy atom. The van der Waals surface area contributed by atoms with E-state index in [1.54, 1.807) is 6.07 Å². The quantitative estimate of drug-likeness (QED) is 0.644. The lowest BCUT2D eigenvalue weighted by molar-refractivity contribution is 0.171. The molecular weight excluding hydrogens is 302 g/mol. The average molecular weight is 320 g/mol. The SMILES string of the molecule is CC(Cl)CCCNS(=O)(=O)c1ccc2c(c1)OCCO2. The van der Waals surface area contributed by atoms with Crippen LogP contribution >= 0.6 is 11.6 Å². The van der Waals surface area contributed by atoms with Crippen LogP contribution in [0.4, 0.5) is 0 Å². The molecule has 7 heteroatoms. The second-order valence-electron chi connectivity index (χ2n) is 4.63. The molecule has 0 saturated carbocycles. The van der Waals surface area contributed by atoms with Crippen LogP contribution < -0.4 is 14.2 Å². The summed E-state index contributed by atoms with van der Waals surface area (Å²) < 4.78 is 37.5. The first-order valence-corrected chi connectivity index (χ1v) is 8.44. The second-order valence-corrected chi connectivity index (χ2v) is 7.14. The van der Waals surface area contributed by atoms with Crippen molar-refractivity contribution in [2.75, 3.05) is 19.8 Å². The molecule has 1 unspecified atom stereocenters. The summed E-state index contributed by atoms with van der Waals surface area (Å²) in [5.74, 6) is 1.04. The Bertz CT molecular complexity index is 559. The molecule has 20 heavy (non-hydrogen) atoms. The Kier molecular flexibility index (Phi) is 5.12. The van der Waals surface area contributed by atoms with Gasteiger partial charge in [-0.15, -0.1) is 11.6 Å². The van der Waals surface area contributed by atoms with Crippen molar-refractivity contribution in [2.24, 2.45) is 0 Å². The molecule has 0 amide bonds. The van der Waals surface area contributed by atoms with E-state index in [0.29, 0.717) is 37.7 Å². The van der Waals surface area contributed by atoms with E-state index in [1.807, 2.05) is 6.92 Å². The van der Waals surface area contributed by atoms with Crippen LogP contribution in [0, 0.1) is 0 Å². The molecule has 0 aliphatic carbocycles. The number of ether oxygens (including phenoxy) is 2. The van der Waals surface area contributed by atoms with Gasteiger partial charge in [0.2, 0.25) is 10.0 Å². The number of nitrogens with one attached hydrogen (secondary N) is 1. The summed E-state index contributed by atoms with van der Waals surface area (Å²) in [6.07, 6.45) is 1.47. The zero-order chi connectivity index (χ0) is 14.6. The van der Waals surface area contributed by atoms with Gasteiger partial charge in [-0.2, -0.15) is 0 Å². The lowest BCUT2D eigenvalue weighted by atomic mass is 10.2. The van der Waals surface area contributed by atoms with Crippen LogP contribution in [-0.4, -0.2) is 33.6 Å². The van der Waals surface area contributed by atoms with Crippen LogP contribution in [0.5, 0.6) is 11.5 Å². The molecule has 0 spiro atoms. The number of rotatable bonds is 6. The van der Waals surface area contributed by atoms with Gasteiger partial charge in [-0.3, -0.25) is 0 Å². The van der Waals surface area contributed by atoms with Gasteiger partial charge in [-0.25, -0.2) is 13.1 Å². The molecule has 1 atom stereocenters. The van der Waals surface area contributed by atoms with Crippen LogP contribution in [-0.2, 0) is 10.0 Å². The summed E-state index contributed by atoms with van der Waals surface area (Å²) >= 11 is 5.82. The largest absolute Gasteiger partial charge is 0.486 e. The first kappa shape index (κ1) is 15.4. The van der Waals surface area contributed by atoms with Gasteiger partial charge in [0, 0.05) is 18.0 Å². The molecule has 0 radical (unpaired) electrons. The summed E-state index contributed by atoms with van der Waals surface area (Å²) in [6.45, 7) is 3.16. The normalized spacial score (nSPS) is 15.9. The molecule has 0 saturated heterocycles. The van der Waals surface area contributed by atoms with E-state index < -0.39 is 10.0 Å². The van der Waals surface area contributed by atoms with E-state index in [9.17, 15) is 8.42 Å².